The Bertz CT molecular complexity index is 427. The molecule has 0 spiro atoms. The molecule has 1 aromatic rings. The molecule has 0 amide bonds. The predicted octanol–water partition coefficient (Wildman–Crippen LogP) is 1.93. The molecular weight excluding hydrogens is 204 g/mol. The number of aromatic nitrogens is 1. The highest BCUT2D eigenvalue weighted by atomic mass is 16.5. The number of rotatable bonds is 4. The Hall–Kier alpha value is -1.76. The van der Waals surface area contributed by atoms with Crippen LogP contribution in [-0.4, -0.2) is 17.1 Å². The zero-order valence-electron chi connectivity index (χ0n) is 9.91. The van der Waals surface area contributed by atoms with Crippen molar-refractivity contribution in [2.75, 3.05) is 6.61 Å². The fourth-order valence-corrected chi connectivity index (χ4v) is 1.72. The van der Waals surface area contributed by atoms with Crippen molar-refractivity contribution in [2.45, 2.75) is 33.7 Å². The first-order valence-corrected chi connectivity index (χ1v) is 5.32. The first-order chi connectivity index (χ1) is 7.60. The van der Waals surface area contributed by atoms with Crippen LogP contribution in [0, 0.1) is 25.2 Å². The van der Waals surface area contributed by atoms with Gasteiger partial charge in [-0.25, -0.2) is 0 Å². The highest BCUT2D eigenvalue weighted by Gasteiger charge is 2.10. The number of esters is 1. The number of aryl methyl sites for hydroxylation is 2. The van der Waals surface area contributed by atoms with E-state index in [-0.39, 0.29) is 5.97 Å². The standard InChI is InChI=1S/C12H16N2O2/c1-4-16-12(15)5-6-14-10(3)7-9(2)11(14)8-13/h7H,4-6H2,1-3H3. The molecule has 0 aromatic carbocycles. The molecule has 0 saturated heterocycles. The Kier molecular flexibility index (Phi) is 4.12. The lowest BCUT2D eigenvalue weighted by Crippen LogP contribution is -2.11. The summed E-state index contributed by atoms with van der Waals surface area (Å²) in [7, 11) is 0. The largest absolute Gasteiger partial charge is 0.466 e. The maximum absolute atomic E-state index is 11.2. The van der Waals surface area contributed by atoms with Crippen LogP contribution in [0.2, 0.25) is 0 Å². The fourth-order valence-electron chi connectivity index (χ4n) is 1.72. The van der Waals surface area contributed by atoms with Crippen LogP contribution in [-0.2, 0) is 16.1 Å². The summed E-state index contributed by atoms with van der Waals surface area (Å²) in [5, 5.41) is 8.99. The van der Waals surface area contributed by atoms with Gasteiger partial charge in [0.15, 0.2) is 0 Å². The maximum atomic E-state index is 11.2. The lowest BCUT2D eigenvalue weighted by Gasteiger charge is -2.07. The second-order valence-corrected chi connectivity index (χ2v) is 3.64. The van der Waals surface area contributed by atoms with Crippen molar-refractivity contribution in [1.82, 2.24) is 4.57 Å². The van der Waals surface area contributed by atoms with Gasteiger partial charge in [0.25, 0.3) is 0 Å². The minimum atomic E-state index is -0.225. The molecule has 4 heteroatoms. The molecule has 1 rings (SSSR count). The molecule has 0 atom stereocenters. The molecule has 0 fully saturated rings. The van der Waals surface area contributed by atoms with Crippen molar-refractivity contribution in [2.24, 2.45) is 0 Å². The molecule has 0 bridgehead atoms. The van der Waals surface area contributed by atoms with Gasteiger partial charge in [-0.05, 0) is 32.4 Å². The third-order valence-electron chi connectivity index (χ3n) is 2.45. The molecule has 0 saturated carbocycles. The zero-order chi connectivity index (χ0) is 12.1. The summed E-state index contributed by atoms with van der Waals surface area (Å²) in [6.07, 6.45) is 0.303. The number of nitriles is 1. The third kappa shape index (κ3) is 2.63. The van der Waals surface area contributed by atoms with Crippen LogP contribution >= 0.6 is 0 Å². The van der Waals surface area contributed by atoms with E-state index in [1.165, 1.54) is 0 Å². The summed E-state index contributed by atoms with van der Waals surface area (Å²) in [5.74, 6) is -0.225. The van der Waals surface area contributed by atoms with Crippen LogP contribution in [0.3, 0.4) is 0 Å². The number of hydrogen-bond donors (Lipinski definition) is 0. The van der Waals surface area contributed by atoms with Crippen LogP contribution in [0.15, 0.2) is 6.07 Å². The number of ether oxygens (including phenoxy) is 1. The SMILES string of the molecule is CCOC(=O)CCn1c(C)cc(C)c1C#N. The normalized spacial score (nSPS) is 9.88. The topological polar surface area (TPSA) is 55.0 Å². The molecule has 0 aliphatic heterocycles. The van der Waals surface area contributed by atoms with Crippen molar-refractivity contribution >= 4 is 5.97 Å². The summed E-state index contributed by atoms with van der Waals surface area (Å²) in [6.45, 7) is 6.50. The van der Waals surface area contributed by atoms with Crippen LogP contribution < -0.4 is 0 Å². The Morgan fingerprint density at radius 3 is 2.81 bits per heavy atom. The number of carbonyl (C=O) groups is 1. The van der Waals surface area contributed by atoms with Crippen molar-refractivity contribution in [3.63, 3.8) is 0 Å². The monoisotopic (exact) mass is 220 g/mol. The van der Waals surface area contributed by atoms with E-state index in [2.05, 4.69) is 6.07 Å². The second-order valence-electron chi connectivity index (χ2n) is 3.64. The van der Waals surface area contributed by atoms with Crippen LogP contribution in [0.1, 0.15) is 30.3 Å². The minimum absolute atomic E-state index is 0.225. The van der Waals surface area contributed by atoms with Gasteiger partial charge < -0.3 is 9.30 Å². The highest BCUT2D eigenvalue weighted by molar-refractivity contribution is 5.69. The van der Waals surface area contributed by atoms with Gasteiger partial charge in [0.05, 0.1) is 13.0 Å². The summed E-state index contributed by atoms with van der Waals surface area (Å²) in [5.41, 5.74) is 2.57. The highest BCUT2D eigenvalue weighted by Crippen LogP contribution is 2.14. The summed E-state index contributed by atoms with van der Waals surface area (Å²) in [6, 6.07) is 4.10. The fraction of sp³-hybridized carbons (Fsp3) is 0.500. The van der Waals surface area contributed by atoms with E-state index in [1.807, 2.05) is 24.5 Å². The van der Waals surface area contributed by atoms with E-state index in [0.29, 0.717) is 25.3 Å². The van der Waals surface area contributed by atoms with E-state index in [4.69, 9.17) is 10.00 Å². The molecule has 0 unspecified atom stereocenters. The molecule has 0 radical (unpaired) electrons. The molecule has 86 valence electrons. The van der Waals surface area contributed by atoms with Crippen molar-refractivity contribution in [3.05, 3.63) is 23.0 Å². The third-order valence-corrected chi connectivity index (χ3v) is 2.45. The van der Waals surface area contributed by atoms with Crippen molar-refractivity contribution in [1.29, 1.82) is 5.26 Å². The minimum Gasteiger partial charge on any atom is -0.466 e. The van der Waals surface area contributed by atoms with Gasteiger partial charge in [0, 0.05) is 12.2 Å². The Balaban J connectivity index is 2.74. The Labute approximate surface area is 95.4 Å². The first kappa shape index (κ1) is 12.3. The number of carbonyl (C=O) groups excluding carboxylic acids is 1. The van der Waals surface area contributed by atoms with Crippen LogP contribution in [0.5, 0.6) is 0 Å². The van der Waals surface area contributed by atoms with Gasteiger partial charge in [-0.1, -0.05) is 0 Å². The molecule has 0 N–H and O–H groups in total. The van der Waals surface area contributed by atoms with Crippen LogP contribution in [0.25, 0.3) is 0 Å². The molecular formula is C12H16N2O2. The van der Waals surface area contributed by atoms with Crippen molar-refractivity contribution in [3.8, 4) is 6.07 Å². The molecule has 1 heterocycles. The second kappa shape index (κ2) is 5.36. The lowest BCUT2D eigenvalue weighted by molar-refractivity contribution is -0.143. The quantitative estimate of drug-likeness (QED) is 0.728. The van der Waals surface area contributed by atoms with Gasteiger partial charge in [0.1, 0.15) is 11.8 Å². The molecule has 4 nitrogen and oxygen atoms in total. The van der Waals surface area contributed by atoms with E-state index in [1.54, 1.807) is 6.92 Å². The van der Waals surface area contributed by atoms with Gasteiger partial charge in [-0.15, -0.1) is 0 Å². The molecule has 0 aliphatic carbocycles. The van der Waals surface area contributed by atoms with E-state index in [0.717, 1.165) is 11.3 Å². The lowest BCUT2D eigenvalue weighted by atomic mass is 10.3. The molecule has 1 aromatic heterocycles. The summed E-state index contributed by atoms with van der Waals surface area (Å²) < 4.78 is 6.70. The Morgan fingerprint density at radius 1 is 1.56 bits per heavy atom. The van der Waals surface area contributed by atoms with E-state index < -0.39 is 0 Å². The molecule has 16 heavy (non-hydrogen) atoms. The average Bonchev–Trinajstić information content (AvgIpc) is 2.50. The number of nitrogens with zero attached hydrogens (tertiary/aromatic N) is 2. The van der Waals surface area contributed by atoms with Gasteiger partial charge in [-0.2, -0.15) is 5.26 Å². The van der Waals surface area contributed by atoms with Crippen molar-refractivity contribution < 1.29 is 9.53 Å². The van der Waals surface area contributed by atoms with E-state index >= 15 is 0 Å². The Morgan fingerprint density at radius 2 is 2.25 bits per heavy atom. The van der Waals surface area contributed by atoms with Crippen LogP contribution in [0.4, 0.5) is 0 Å². The number of hydrogen-bond acceptors (Lipinski definition) is 3. The van der Waals surface area contributed by atoms with Gasteiger partial charge in [0.2, 0.25) is 0 Å². The zero-order valence-corrected chi connectivity index (χ0v) is 9.91. The van der Waals surface area contributed by atoms with E-state index in [9.17, 15) is 4.79 Å². The smallest absolute Gasteiger partial charge is 0.307 e. The predicted molar refractivity (Wildman–Crippen MR) is 59.9 cm³/mol. The first-order valence-electron chi connectivity index (χ1n) is 5.32. The maximum Gasteiger partial charge on any atom is 0.307 e. The molecule has 0 aliphatic rings. The summed E-state index contributed by atoms with van der Waals surface area (Å²) in [4.78, 5) is 11.2. The summed E-state index contributed by atoms with van der Waals surface area (Å²) >= 11 is 0. The van der Waals surface area contributed by atoms with Gasteiger partial charge >= 0.3 is 5.97 Å². The average molecular weight is 220 g/mol. The van der Waals surface area contributed by atoms with Gasteiger partial charge in [-0.3, -0.25) is 4.79 Å².